The van der Waals surface area contributed by atoms with Gasteiger partial charge in [-0.3, -0.25) is 9.59 Å². The maximum Gasteiger partial charge on any atom is 0.344 e. The van der Waals surface area contributed by atoms with Gasteiger partial charge in [-0.2, -0.15) is 0 Å². The van der Waals surface area contributed by atoms with Crippen LogP contribution < -0.4 is 10.1 Å². The van der Waals surface area contributed by atoms with Gasteiger partial charge in [0.05, 0.1) is 0 Å². The van der Waals surface area contributed by atoms with Crippen LogP contribution in [0.25, 0.3) is 0 Å². The lowest BCUT2D eigenvalue weighted by Gasteiger charge is -2.59. The van der Waals surface area contributed by atoms with Crippen molar-refractivity contribution in [1.29, 1.82) is 0 Å². The molecule has 1 amide bonds. The zero-order chi connectivity index (χ0) is 20.4. The molecule has 29 heavy (non-hydrogen) atoms. The Kier molecular flexibility index (Phi) is 5.61. The Hall–Kier alpha value is -2.37. The van der Waals surface area contributed by atoms with Crippen molar-refractivity contribution in [3.8, 4) is 5.75 Å². The van der Waals surface area contributed by atoms with Crippen molar-refractivity contribution in [2.75, 3.05) is 13.2 Å². The van der Waals surface area contributed by atoms with Crippen LogP contribution in [0.5, 0.6) is 5.75 Å². The fourth-order valence-electron chi connectivity index (χ4n) is 6.12. The summed E-state index contributed by atoms with van der Waals surface area (Å²) in [6.45, 7) is 1.54. The summed E-state index contributed by atoms with van der Waals surface area (Å²) in [5.41, 5.74) is 0.760. The summed E-state index contributed by atoms with van der Waals surface area (Å²) in [5.74, 6) is 2.11. The number of ether oxygens (including phenoxy) is 2. The minimum atomic E-state index is -0.595. The topological polar surface area (TPSA) is 81.7 Å². The maximum absolute atomic E-state index is 12.3. The zero-order valence-corrected chi connectivity index (χ0v) is 16.9. The lowest BCUT2D eigenvalue weighted by molar-refractivity contribution is -0.151. The van der Waals surface area contributed by atoms with E-state index in [1.54, 1.807) is 24.3 Å². The highest BCUT2D eigenvalue weighted by molar-refractivity contribution is 5.81. The first kappa shape index (κ1) is 19.9. The van der Waals surface area contributed by atoms with Gasteiger partial charge in [-0.1, -0.05) is 0 Å². The minimum absolute atomic E-state index is 0.106. The van der Waals surface area contributed by atoms with Crippen LogP contribution in [0.3, 0.4) is 0 Å². The molecule has 1 aromatic rings. The number of benzene rings is 1. The van der Waals surface area contributed by atoms with E-state index in [-0.39, 0.29) is 30.6 Å². The van der Waals surface area contributed by atoms with Gasteiger partial charge in [0, 0.05) is 11.6 Å². The van der Waals surface area contributed by atoms with Crippen LogP contribution in [0.1, 0.15) is 55.8 Å². The number of carbonyl (C=O) groups is 3. The van der Waals surface area contributed by atoms with E-state index in [0.29, 0.717) is 11.3 Å². The average molecular weight is 399 g/mol. The number of rotatable bonds is 8. The second-order valence-corrected chi connectivity index (χ2v) is 9.21. The summed E-state index contributed by atoms with van der Waals surface area (Å²) in [4.78, 5) is 34.8. The first-order chi connectivity index (χ1) is 14.0. The third-order valence-corrected chi connectivity index (χ3v) is 7.12. The van der Waals surface area contributed by atoms with Crippen LogP contribution in [-0.4, -0.2) is 37.4 Å². The summed E-state index contributed by atoms with van der Waals surface area (Å²) in [6, 6.07) is 6.53. The first-order valence-electron chi connectivity index (χ1n) is 10.6. The number of nitrogens with one attached hydrogen (secondary N) is 1. The van der Waals surface area contributed by atoms with Crippen molar-refractivity contribution in [3.05, 3.63) is 29.8 Å². The molecule has 0 radical (unpaired) electrons. The van der Waals surface area contributed by atoms with Gasteiger partial charge in [0.2, 0.25) is 0 Å². The number of hydrogen-bond acceptors (Lipinski definition) is 5. The molecule has 4 aliphatic rings. The van der Waals surface area contributed by atoms with Gasteiger partial charge in [-0.15, -0.1) is 0 Å². The van der Waals surface area contributed by atoms with Crippen LogP contribution in [0.15, 0.2) is 24.3 Å². The quantitative estimate of drug-likeness (QED) is 0.536. The van der Waals surface area contributed by atoms with E-state index in [9.17, 15) is 14.4 Å². The smallest absolute Gasteiger partial charge is 0.344 e. The van der Waals surface area contributed by atoms with Crippen molar-refractivity contribution in [3.63, 3.8) is 0 Å². The second-order valence-electron chi connectivity index (χ2n) is 9.21. The normalized spacial score (nSPS) is 30.4. The Morgan fingerprint density at radius 1 is 1.07 bits per heavy atom. The SMILES string of the molecule is C[C@@H](NC(=O)COC(=O)COc1ccc(C=O)cc1)C12CC3CC(CC(C3)C1)C2. The fourth-order valence-corrected chi connectivity index (χ4v) is 6.12. The number of esters is 1. The monoisotopic (exact) mass is 399 g/mol. The standard InChI is InChI=1S/C23H29NO5/c1-15(23-9-17-6-18(10-23)8-19(7-17)11-23)24-21(26)13-29-22(27)14-28-20-4-2-16(12-25)3-5-20/h2-5,12,15,17-19H,6-11,13-14H2,1H3,(H,24,26)/t15-,17?,18?,19?,23?/m1/s1. The van der Waals surface area contributed by atoms with Gasteiger partial charge in [-0.05, 0) is 92.9 Å². The molecule has 1 atom stereocenters. The molecule has 0 aliphatic heterocycles. The van der Waals surface area contributed by atoms with Crippen LogP contribution in [0.2, 0.25) is 0 Å². The highest BCUT2D eigenvalue weighted by Crippen LogP contribution is 2.61. The molecule has 6 heteroatoms. The summed E-state index contributed by atoms with van der Waals surface area (Å²) in [5, 5.41) is 3.09. The molecule has 1 aromatic carbocycles. The number of aldehydes is 1. The molecule has 1 N–H and O–H groups in total. The Bertz CT molecular complexity index is 737. The van der Waals surface area contributed by atoms with Gasteiger partial charge in [0.1, 0.15) is 12.0 Å². The largest absolute Gasteiger partial charge is 0.482 e. The number of hydrogen-bond donors (Lipinski definition) is 1. The molecule has 0 saturated heterocycles. The van der Waals surface area contributed by atoms with E-state index in [0.717, 1.165) is 24.0 Å². The molecule has 4 bridgehead atoms. The first-order valence-corrected chi connectivity index (χ1v) is 10.6. The van der Waals surface area contributed by atoms with E-state index in [1.165, 1.54) is 38.5 Å². The van der Waals surface area contributed by atoms with Crippen LogP contribution in [-0.2, 0) is 14.3 Å². The predicted molar refractivity (Wildman–Crippen MR) is 106 cm³/mol. The molecular formula is C23H29NO5. The van der Waals surface area contributed by atoms with Crippen molar-refractivity contribution in [2.45, 2.75) is 51.5 Å². The van der Waals surface area contributed by atoms with Gasteiger partial charge in [0.25, 0.3) is 5.91 Å². The zero-order valence-electron chi connectivity index (χ0n) is 16.9. The minimum Gasteiger partial charge on any atom is -0.482 e. The van der Waals surface area contributed by atoms with E-state index < -0.39 is 5.97 Å². The maximum atomic E-state index is 12.3. The van der Waals surface area contributed by atoms with Gasteiger partial charge >= 0.3 is 5.97 Å². The Balaban J connectivity index is 1.20. The third-order valence-electron chi connectivity index (χ3n) is 7.12. The molecule has 4 fully saturated rings. The molecule has 6 nitrogen and oxygen atoms in total. The lowest BCUT2D eigenvalue weighted by Crippen LogP contribution is -2.56. The highest BCUT2D eigenvalue weighted by atomic mass is 16.6. The average Bonchev–Trinajstić information content (AvgIpc) is 2.70. The van der Waals surface area contributed by atoms with E-state index in [1.807, 2.05) is 0 Å². The molecule has 0 unspecified atom stereocenters. The molecule has 0 aromatic heterocycles. The summed E-state index contributed by atoms with van der Waals surface area (Å²) in [7, 11) is 0. The lowest BCUT2D eigenvalue weighted by atomic mass is 9.48. The molecule has 4 aliphatic carbocycles. The number of amides is 1. The van der Waals surface area contributed by atoms with Gasteiger partial charge in [0.15, 0.2) is 13.2 Å². The third kappa shape index (κ3) is 4.46. The van der Waals surface area contributed by atoms with E-state index >= 15 is 0 Å². The summed E-state index contributed by atoms with van der Waals surface area (Å²) in [6.07, 6.45) is 8.51. The second kappa shape index (κ2) is 8.17. The Morgan fingerprint density at radius 3 is 2.21 bits per heavy atom. The van der Waals surface area contributed by atoms with Crippen molar-refractivity contribution >= 4 is 18.2 Å². The molecule has 4 saturated carbocycles. The van der Waals surface area contributed by atoms with E-state index in [4.69, 9.17) is 9.47 Å². The molecule has 156 valence electrons. The summed E-state index contributed by atoms with van der Waals surface area (Å²) < 4.78 is 10.4. The Labute approximate surface area is 171 Å². The van der Waals surface area contributed by atoms with Crippen LogP contribution in [0.4, 0.5) is 0 Å². The highest BCUT2D eigenvalue weighted by Gasteiger charge is 2.53. The van der Waals surface area contributed by atoms with Crippen LogP contribution in [0, 0.1) is 23.2 Å². The van der Waals surface area contributed by atoms with Crippen LogP contribution >= 0.6 is 0 Å². The fraction of sp³-hybridized carbons (Fsp3) is 0.609. The molecule has 0 spiro atoms. The molecular weight excluding hydrogens is 370 g/mol. The number of carbonyl (C=O) groups excluding carboxylic acids is 3. The molecule has 5 rings (SSSR count). The summed E-state index contributed by atoms with van der Waals surface area (Å²) >= 11 is 0. The van der Waals surface area contributed by atoms with Crippen molar-refractivity contribution < 1.29 is 23.9 Å². The van der Waals surface area contributed by atoms with Crippen molar-refractivity contribution in [2.24, 2.45) is 23.2 Å². The van der Waals surface area contributed by atoms with E-state index in [2.05, 4.69) is 12.2 Å². The molecule has 0 heterocycles. The Morgan fingerprint density at radius 2 is 1.66 bits per heavy atom. The van der Waals surface area contributed by atoms with Gasteiger partial charge in [-0.25, -0.2) is 4.79 Å². The van der Waals surface area contributed by atoms with Gasteiger partial charge < -0.3 is 14.8 Å². The predicted octanol–water partition coefficient (Wildman–Crippen LogP) is 3.14. The van der Waals surface area contributed by atoms with Crippen molar-refractivity contribution in [1.82, 2.24) is 5.32 Å².